The maximum Gasteiger partial charge on any atom is 0.234 e. The number of rotatable bonds is 5. The van der Waals surface area contributed by atoms with E-state index in [0.29, 0.717) is 13.0 Å². The summed E-state index contributed by atoms with van der Waals surface area (Å²) in [5.41, 5.74) is 8.16. The molecule has 1 aromatic rings. The van der Waals surface area contributed by atoms with Gasteiger partial charge in [-0.3, -0.25) is 4.31 Å². The third-order valence-electron chi connectivity index (χ3n) is 2.72. The van der Waals surface area contributed by atoms with E-state index >= 15 is 0 Å². The highest BCUT2D eigenvalue weighted by Crippen LogP contribution is 2.22. The van der Waals surface area contributed by atoms with Crippen molar-refractivity contribution in [1.29, 1.82) is 0 Å². The number of nitrogens with zero attached hydrogens (tertiary/aromatic N) is 1. The van der Waals surface area contributed by atoms with E-state index in [4.69, 9.17) is 5.73 Å². The molecule has 5 heteroatoms. The molecule has 0 saturated carbocycles. The molecule has 0 bridgehead atoms. The van der Waals surface area contributed by atoms with Gasteiger partial charge in [0.1, 0.15) is 0 Å². The van der Waals surface area contributed by atoms with Gasteiger partial charge in [-0.1, -0.05) is 17.7 Å². The Kier molecular flexibility index (Phi) is 4.54. The molecule has 0 heterocycles. The molecule has 1 rings (SSSR count). The summed E-state index contributed by atoms with van der Waals surface area (Å²) in [4.78, 5) is 0. The van der Waals surface area contributed by atoms with Crippen LogP contribution in [0.1, 0.15) is 17.5 Å². The lowest BCUT2D eigenvalue weighted by molar-refractivity contribution is 0.592. The number of nitrogens with two attached hydrogens (primary N) is 1. The normalized spacial score (nSPS) is 11.5. The molecule has 0 aliphatic rings. The third-order valence-corrected chi connectivity index (χ3v) is 4.55. The van der Waals surface area contributed by atoms with Crippen molar-refractivity contribution >= 4 is 15.7 Å². The Bertz CT molecular complexity index is 483. The molecule has 4 nitrogen and oxygen atoms in total. The topological polar surface area (TPSA) is 63.4 Å². The van der Waals surface area contributed by atoms with Crippen LogP contribution in [0.3, 0.4) is 0 Å². The standard InChI is InChI=1S/C12H20N2O2S/c1-10-5-6-12(11(2)9-10)14(3)17(15,16)8-4-7-13/h5-6,9H,4,7-8,13H2,1-3H3. The van der Waals surface area contributed by atoms with Crippen molar-refractivity contribution in [3.05, 3.63) is 29.3 Å². The van der Waals surface area contributed by atoms with Crippen LogP contribution in [-0.4, -0.2) is 27.8 Å². The van der Waals surface area contributed by atoms with Crippen LogP contribution in [0.2, 0.25) is 0 Å². The van der Waals surface area contributed by atoms with E-state index in [-0.39, 0.29) is 5.75 Å². The second-order valence-electron chi connectivity index (χ2n) is 4.22. The summed E-state index contributed by atoms with van der Waals surface area (Å²) < 4.78 is 25.3. The minimum Gasteiger partial charge on any atom is -0.330 e. The van der Waals surface area contributed by atoms with Crippen molar-refractivity contribution in [2.45, 2.75) is 20.3 Å². The van der Waals surface area contributed by atoms with Crippen LogP contribution < -0.4 is 10.0 Å². The minimum atomic E-state index is -3.26. The van der Waals surface area contributed by atoms with Crippen LogP contribution in [0.25, 0.3) is 0 Å². The van der Waals surface area contributed by atoms with Crippen molar-refractivity contribution in [2.24, 2.45) is 5.73 Å². The first-order valence-electron chi connectivity index (χ1n) is 5.62. The van der Waals surface area contributed by atoms with Gasteiger partial charge >= 0.3 is 0 Å². The van der Waals surface area contributed by atoms with E-state index in [1.54, 1.807) is 7.05 Å². The summed E-state index contributed by atoms with van der Waals surface area (Å²) in [6, 6.07) is 5.73. The zero-order valence-corrected chi connectivity index (χ0v) is 11.4. The number of benzene rings is 1. The molecular formula is C12H20N2O2S. The summed E-state index contributed by atoms with van der Waals surface area (Å²) >= 11 is 0. The fourth-order valence-electron chi connectivity index (χ4n) is 1.71. The van der Waals surface area contributed by atoms with Crippen LogP contribution in [0.15, 0.2) is 18.2 Å². The molecule has 0 radical (unpaired) electrons. The van der Waals surface area contributed by atoms with Crippen LogP contribution in [-0.2, 0) is 10.0 Å². The molecule has 0 spiro atoms. The fourth-order valence-corrected chi connectivity index (χ4v) is 3.02. The van der Waals surface area contributed by atoms with Crippen LogP contribution in [0.5, 0.6) is 0 Å². The first kappa shape index (κ1) is 14.0. The number of anilines is 1. The smallest absolute Gasteiger partial charge is 0.234 e. The molecule has 96 valence electrons. The van der Waals surface area contributed by atoms with Gasteiger partial charge in [0, 0.05) is 7.05 Å². The first-order valence-corrected chi connectivity index (χ1v) is 7.23. The summed E-state index contributed by atoms with van der Waals surface area (Å²) in [6.45, 7) is 4.29. The zero-order valence-electron chi connectivity index (χ0n) is 10.6. The van der Waals surface area contributed by atoms with Crippen molar-refractivity contribution < 1.29 is 8.42 Å². The Morgan fingerprint density at radius 3 is 2.47 bits per heavy atom. The second kappa shape index (κ2) is 5.51. The summed E-state index contributed by atoms with van der Waals surface area (Å²) in [7, 11) is -1.67. The van der Waals surface area contributed by atoms with Crippen molar-refractivity contribution in [2.75, 3.05) is 23.7 Å². The molecule has 0 aliphatic carbocycles. The Balaban J connectivity index is 2.99. The van der Waals surface area contributed by atoms with E-state index < -0.39 is 10.0 Å². The first-order chi connectivity index (χ1) is 7.88. The summed E-state index contributed by atoms with van der Waals surface area (Å²) in [5.74, 6) is 0.0906. The number of aryl methyl sites for hydroxylation is 2. The average Bonchev–Trinajstić information content (AvgIpc) is 2.25. The fraction of sp³-hybridized carbons (Fsp3) is 0.500. The van der Waals surface area contributed by atoms with Gasteiger partial charge in [0.15, 0.2) is 0 Å². The SMILES string of the molecule is Cc1ccc(N(C)S(=O)(=O)CCCN)c(C)c1. The molecule has 0 fully saturated rings. The third kappa shape index (κ3) is 3.44. The summed E-state index contributed by atoms with van der Waals surface area (Å²) in [6.07, 6.45) is 0.484. The zero-order chi connectivity index (χ0) is 13.1. The lowest BCUT2D eigenvalue weighted by atomic mass is 10.1. The number of sulfonamides is 1. The predicted octanol–water partition coefficient (Wildman–Crippen LogP) is 1.42. The monoisotopic (exact) mass is 256 g/mol. The molecule has 0 unspecified atom stereocenters. The van der Waals surface area contributed by atoms with E-state index in [1.165, 1.54) is 4.31 Å². The molecular weight excluding hydrogens is 236 g/mol. The molecule has 1 aromatic carbocycles. The Hall–Kier alpha value is -1.07. The Labute approximate surface area is 103 Å². The maximum absolute atomic E-state index is 12.0. The van der Waals surface area contributed by atoms with Crippen molar-refractivity contribution in [1.82, 2.24) is 0 Å². The van der Waals surface area contributed by atoms with Gasteiger partial charge in [0.25, 0.3) is 0 Å². The molecule has 2 N–H and O–H groups in total. The van der Waals surface area contributed by atoms with E-state index in [9.17, 15) is 8.42 Å². The molecule has 17 heavy (non-hydrogen) atoms. The van der Waals surface area contributed by atoms with E-state index in [1.807, 2.05) is 32.0 Å². The number of hydrogen-bond donors (Lipinski definition) is 1. The Morgan fingerprint density at radius 2 is 1.94 bits per heavy atom. The highest BCUT2D eigenvalue weighted by molar-refractivity contribution is 7.92. The van der Waals surface area contributed by atoms with Gasteiger partial charge in [0.2, 0.25) is 10.0 Å². The number of hydrogen-bond acceptors (Lipinski definition) is 3. The highest BCUT2D eigenvalue weighted by Gasteiger charge is 2.18. The van der Waals surface area contributed by atoms with Crippen molar-refractivity contribution in [3.63, 3.8) is 0 Å². The van der Waals surface area contributed by atoms with E-state index in [0.717, 1.165) is 16.8 Å². The van der Waals surface area contributed by atoms with Gasteiger partial charge in [-0.15, -0.1) is 0 Å². The molecule has 0 atom stereocenters. The lowest BCUT2D eigenvalue weighted by Gasteiger charge is -2.21. The highest BCUT2D eigenvalue weighted by atomic mass is 32.2. The average molecular weight is 256 g/mol. The minimum absolute atomic E-state index is 0.0906. The predicted molar refractivity (Wildman–Crippen MR) is 71.8 cm³/mol. The molecule has 0 aliphatic heterocycles. The molecule has 0 amide bonds. The van der Waals surface area contributed by atoms with Gasteiger partial charge in [-0.2, -0.15) is 0 Å². The van der Waals surface area contributed by atoms with Crippen LogP contribution in [0, 0.1) is 13.8 Å². The van der Waals surface area contributed by atoms with E-state index in [2.05, 4.69) is 0 Å². The van der Waals surface area contributed by atoms with Gasteiger partial charge in [0.05, 0.1) is 11.4 Å². The lowest BCUT2D eigenvalue weighted by Crippen LogP contribution is -2.30. The van der Waals surface area contributed by atoms with Crippen LogP contribution >= 0.6 is 0 Å². The second-order valence-corrected chi connectivity index (χ2v) is 6.34. The van der Waals surface area contributed by atoms with Crippen LogP contribution in [0.4, 0.5) is 5.69 Å². The van der Waals surface area contributed by atoms with Gasteiger partial charge in [-0.25, -0.2) is 8.42 Å². The largest absolute Gasteiger partial charge is 0.330 e. The Morgan fingerprint density at radius 1 is 1.29 bits per heavy atom. The quantitative estimate of drug-likeness (QED) is 0.866. The van der Waals surface area contributed by atoms with Gasteiger partial charge in [-0.05, 0) is 38.4 Å². The van der Waals surface area contributed by atoms with Gasteiger partial charge < -0.3 is 5.73 Å². The van der Waals surface area contributed by atoms with Crippen molar-refractivity contribution in [3.8, 4) is 0 Å². The molecule has 0 saturated heterocycles. The summed E-state index contributed by atoms with van der Waals surface area (Å²) in [5, 5.41) is 0. The molecule has 0 aromatic heterocycles. The maximum atomic E-state index is 12.0.